The largest absolute Gasteiger partial charge is 3.00 e. The maximum absolute atomic E-state index is 8.52. The Labute approximate surface area is 135 Å². The van der Waals surface area contributed by atoms with E-state index < -0.39 is 31.2 Å². The SMILES string of the molecule is O=S(=O)([O-])[O-].O=S(=O)([O-])[O-].O=S(=O)([O-])[O-].[Al+3].[Al+3].[AlH3]. The fourth-order valence-corrected chi connectivity index (χ4v) is 0. The summed E-state index contributed by atoms with van der Waals surface area (Å²) in [5, 5.41) is 0. The summed E-state index contributed by atoms with van der Waals surface area (Å²) in [6, 6.07) is 0. The molecule has 0 heterocycles. The summed E-state index contributed by atoms with van der Waals surface area (Å²) in [6.07, 6.45) is 0. The van der Waals surface area contributed by atoms with Crippen LogP contribution in [0.5, 0.6) is 0 Å². The molecule has 0 aliphatic heterocycles. The van der Waals surface area contributed by atoms with Crippen molar-refractivity contribution in [2.24, 2.45) is 0 Å². The molecule has 0 fully saturated rings. The molecule has 102 valence electrons. The van der Waals surface area contributed by atoms with Crippen LogP contribution in [-0.2, 0) is 31.2 Å². The molecule has 0 aliphatic rings. The second-order valence-electron chi connectivity index (χ2n) is 1.22. The zero-order valence-electron chi connectivity index (χ0n) is 7.28. The minimum absolute atomic E-state index is 0. The molecular weight excluding hydrogens is 369 g/mol. The van der Waals surface area contributed by atoms with Crippen molar-refractivity contribution in [1.29, 1.82) is 0 Å². The van der Waals surface area contributed by atoms with Crippen LogP contribution in [0.25, 0.3) is 0 Å². The Bertz CT molecular complexity index is 343. The van der Waals surface area contributed by atoms with Gasteiger partial charge in [-0.25, -0.2) is 0 Å². The van der Waals surface area contributed by atoms with Crippen LogP contribution in [0.2, 0.25) is 0 Å². The first-order chi connectivity index (χ1) is 6.00. The third-order valence-electron chi connectivity index (χ3n) is 0. The molecule has 0 aliphatic carbocycles. The Morgan fingerprint density at radius 1 is 0.444 bits per heavy atom. The number of hydrogen-bond acceptors (Lipinski definition) is 12. The van der Waals surface area contributed by atoms with Crippen LogP contribution in [-0.4, -0.2) is 105 Å². The third-order valence-corrected chi connectivity index (χ3v) is 0. The van der Waals surface area contributed by atoms with E-state index in [2.05, 4.69) is 0 Å². The molecule has 0 aromatic heterocycles. The van der Waals surface area contributed by atoms with Crippen LogP contribution in [0.1, 0.15) is 0 Å². The Hall–Kier alpha value is 1.21. The van der Waals surface area contributed by atoms with Gasteiger partial charge in [0, 0.05) is 31.2 Å². The fourth-order valence-electron chi connectivity index (χ4n) is 0. The topological polar surface area (TPSA) is 241 Å². The first-order valence-electron chi connectivity index (χ1n) is 2.00. The average Bonchev–Trinajstić information content (AvgIpc) is 1.41. The van der Waals surface area contributed by atoms with E-state index in [9.17, 15) is 0 Å². The van der Waals surface area contributed by atoms with Crippen molar-refractivity contribution < 1.29 is 52.6 Å². The van der Waals surface area contributed by atoms with Crippen molar-refractivity contribution in [3.8, 4) is 0 Å². The molecule has 0 spiro atoms. The summed E-state index contributed by atoms with van der Waals surface area (Å²) in [6.45, 7) is 0. The van der Waals surface area contributed by atoms with Gasteiger partial charge in [0.25, 0.3) is 0 Å². The van der Waals surface area contributed by atoms with Crippen LogP contribution in [0.4, 0.5) is 0 Å². The summed E-state index contributed by atoms with van der Waals surface area (Å²) in [5.41, 5.74) is 0. The fraction of sp³-hybridized carbons (Fsp3) is 0. The zero-order valence-corrected chi connectivity index (χ0v) is 12.0. The summed E-state index contributed by atoms with van der Waals surface area (Å²) in [5.74, 6) is 0. The van der Waals surface area contributed by atoms with Crippen LogP contribution in [0, 0.1) is 0 Å². The van der Waals surface area contributed by atoms with E-state index >= 15 is 0 Å². The van der Waals surface area contributed by atoms with Crippen LogP contribution in [0.3, 0.4) is 0 Å². The minimum atomic E-state index is -5.17. The third kappa shape index (κ3) is 3100. The molecule has 0 aromatic rings. The van der Waals surface area contributed by atoms with Gasteiger partial charge in [0.1, 0.15) is 0 Å². The van der Waals surface area contributed by atoms with Crippen molar-refractivity contribution in [2.45, 2.75) is 0 Å². The van der Waals surface area contributed by atoms with Crippen molar-refractivity contribution in [2.75, 3.05) is 0 Å². The molecule has 0 aromatic carbocycles. The molecular formula is H3Al3O12S3. The maximum atomic E-state index is 8.52. The molecule has 18 heavy (non-hydrogen) atoms. The molecule has 0 rings (SSSR count). The quantitative estimate of drug-likeness (QED) is 0.219. The first kappa shape index (κ1) is 36.5. The average molecular weight is 372 g/mol. The summed E-state index contributed by atoms with van der Waals surface area (Å²) in [4.78, 5) is 0. The van der Waals surface area contributed by atoms with E-state index in [-0.39, 0.29) is 52.1 Å². The summed E-state index contributed by atoms with van der Waals surface area (Å²) >= 11 is 0. The van der Waals surface area contributed by atoms with Gasteiger partial charge in [-0.15, -0.1) is 0 Å². The van der Waals surface area contributed by atoms with Gasteiger partial charge in [-0.3, -0.25) is 25.3 Å². The van der Waals surface area contributed by atoms with E-state index in [1.54, 1.807) is 0 Å². The summed E-state index contributed by atoms with van der Waals surface area (Å²) in [7, 11) is -15.5. The van der Waals surface area contributed by atoms with Gasteiger partial charge >= 0.3 is 34.7 Å². The maximum Gasteiger partial charge on any atom is 3.00 e. The second-order valence-corrected chi connectivity index (χ2v) is 3.67. The van der Waals surface area contributed by atoms with E-state index in [0.717, 1.165) is 0 Å². The molecule has 12 nitrogen and oxygen atoms in total. The van der Waals surface area contributed by atoms with Crippen molar-refractivity contribution in [1.82, 2.24) is 0 Å². The molecule has 0 unspecified atom stereocenters. The van der Waals surface area contributed by atoms with Gasteiger partial charge in [0.15, 0.2) is 17.4 Å². The predicted molar refractivity (Wildman–Crippen MR) is 52.9 cm³/mol. The monoisotopic (exact) mass is 372 g/mol. The van der Waals surface area contributed by atoms with Crippen molar-refractivity contribution in [3.05, 3.63) is 0 Å². The Morgan fingerprint density at radius 2 is 0.444 bits per heavy atom. The molecule has 0 bridgehead atoms. The Kier molecular flexibility index (Phi) is 29.6. The van der Waals surface area contributed by atoms with E-state index in [4.69, 9.17) is 52.6 Å². The second kappa shape index (κ2) is 14.6. The van der Waals surface area contributed by atoms with Crippen LogP contribution < -0.4 is 0 Å². The smallest absolute Gasteiger partial charge is 0.759 e. The molecule has 18 heteroatoms. The Balaban J connectivity index is -0.0000000277. The first-order valence-corrected chi connectivity index (χ1v) is 6.00. The van der Waals surface area contributed by atoms with E-state index in [1.807, 2.05) is 0 Å². The minimum Gasteiger partial charge on any atom is -0.759 e. The molecule has 0 radical (unpaired) electrons. The zero-order chi connectivity index (χ0) is 13.5. The van der Waals surface area contributed by atoms with Gasteiger partial charge in [-0.1, -0.05) is 0 Å². The predicted octanol–water partition coefficient (Wildman–Crippen LogP) is -5.96. The van der Waals surface area contributed by atoms with Gasteiger partial charge < -0.3 is 27.3 Å². The van der Waals surface area contributed by atoms with Crippen LogP contribution in [0.15, 0.2) is 0 Å². The molecule has 0 saturated heterocycles. The molecule has 0 atom stereocenters. The van der Waals surface area contributed by atoms with Crippen molar-refractivity contribution in [3.63, 3.8) is 0 Å². The molecule has 0 amide bonds. The number of rotatable bonds is 0. The molecule has 0 N–H and O–H groups in total. The van der Waals surface area contributed by atoms with Gasteiger partial charge in [-0.05, 0) is 0 Å². The van der Waals surface area contributed by atoms with Gasteiger partial charge in [0.2, 0.25) is 0 Å². The Morgan fingerprint density at radius 3 is 0.444 bits per heavy atom. The van der Waals surface area contributed by atoms with Gasteiger partial charge in [0.05, 0.1) is 0 Å². The normalized spacial score (nSPS) is 9.67. The van der Waals surface area contributed by atoms with Crippen LogP contribution >= 0.6 is 0 Å². The number of hydrogen-bond donors (Lipinski definition) is 0. The van der Waals surface area contributed by atoms with E-state index in [1.165, 1.54) is 0 Å². The van der Waals surface area contributed by atoms with Crippen molar-refractivity contribution >= 4 is 83.3 Å². The van der Waals surface area contributed by atoms with Gasteiger partial charge in [-0.2, -0.15) is 0 Å². The molecule has 0 saturated carbocycles. The summed E-state index contributed by atoms with van der Waals surface area (Å²) < 4.78 is 102. The van der Waals surface area contributed by atoms with E-state index in [0.29, 0.717) is 0 Å². The standard InChI is InChI=1S/3Al.3H2O4S.3H/c;;;3*1-5(2,3)4;;;/h;;;3*(H2,1,2,3,4);;;/q;2*+3;;;;;;/p-6.